The van der Waals surface area contributed by atoms with E-state index in [2.05, 4.69) is 36.8 Å². The summed E-state index contributed by atoms with van der Waals surface area (Å²) in [5.41, 5.74) is 3.93. The zero-order valence-electron chi connectivity index (χ0n) is 29.9. The fraction of sp³-hybridized carbons (Fsp3) is 0.583. The van der Waals surface area contributed by atoms with Gasteiger partial charge in [-0.3, -0.25) is 24.2 Å². The van der Waals surface area contributed by atoms with Crippen LogP contribution in [0.3, 0.4) is 0 Å². The third kappa shape index (κ3) is 8.56. The quantitative estimate of drug-likeness (QED) is 0.319. The van der Waals surface area contributed by atoms with Gasteiger partial charge in [-0.25, -0.2) is 10.4 Å². The Bertz CT molecular complexity index is 1560. The lowest BCUT2D eigenvalue weighted by Crippen LogP contribution is -2.61. The Morgan fingerprint density at radius 1 is 1.06 bits per heavy atom. The van der Waals surface area contributed by atoms with Gasteiger partial charge >= 0.3 is 5.97 Å². The molecule has 1 saturated heterocycles. The van der Waals surface area contributed by atoms with E-state index in [-0.39, 0.29) is 16.6 Å². The van der Waals surface area contributed by atoms with Gasteiger partial charge in [0, 0.05) is 11.9 Å². The van der Waals surface area contributed by atoms with Crippen LogP contribution >= 0.6 is 0 Å². The molecule has 7 atom stereocenters. The van der Waals surface area contributed by atoms with Crippen LogP contribution in [0.4, 0.5) is 0 Å². The molecule has 0 radical (unpaired) electrons. The molecule has 4 rings (SSSR count). The molecule has 5 bridgehead atoms. The monoisotopic (exact) mass is 682 g/mol. The van der Waals surface area contributed by atoms with Gasteiger partial charge < -0.3 is 15.4 Å². The Labute approximate surface area is 287 Å². The van der Waals surface area contributed by atoms with E-state index in [1.807, 2.05) is 76.4 Å². The Morgan fingerprint density at radius 2 is 1.75 bits per heavy atom. The first-order valence-electron chi connectivity index (χ1n) is 16.7. The third-order valence-corrected chi connectivity index (χ3v) is 11.6. The van der Waals surface area contributed by atoms with Crippen molar-refractivity contribution in [3.8, 4) is 0 Å². The number of fused-ring (bicyclic) bond motifs is 4. The van der Waals surface area contributed by atoms with Crippen molar-refractivity contribution in [3.63, 3.8) is 0 Å². The van der Waals surface area contributed by atoms with Crippen molar-refractivity contribution in [1.82, 2.24) is 26.1 Å². The van der Waals surface area contributed by atoms with E-state index in [0.717, 1.165) is 10.9 Å². The molecular weight excluding hydrogens is 630 g/mol. The minimum Gasteiger partial charge on any atom is -0.455 e. The Hall–Kier alpha value is -3.48. The molecule has 48 heavy (non-hydrogen) atoms. The van der Waals surface area contributed by atoms with Gasteiger partial charge in [-0.15, -0.1) is 0 Å². The topological polar surface area (TPSA) is 139 Å². The molecule has 3 heterocycles. The average molecular weight is 683 g/mol. The number of hydrogen-bond donors (Lipinski definition) is 3. The van der Waals surface area contributed by atoms with Crippen LogP contribution in [0.25, 0.3) is 17.0 Å². The van der Waals surface area contributed by atoms with Crippen LogP contribution in [0.15, 0.2) is 36.4 Å². The summed E-state index contributed by atoms with van der Waals surface area (Å²) in [5.74, 6) is -2.02. The lowest BCUT2D eigenvalue weighted by Gasteiger charge is -2.35. The van der Waals surface area contributed by atoms with Crippen molar-refractivity contribution >= 4 is 51.8 Å². The zero-order chi connectivity index (χ0) is 35.6. The highest BCUT2D eigenvalue weighted by atomic mass is 32.2. The van der Waals surface area contributed by atoms with Crippen LogP contribution in [0.2, 0.25) is 0 Å². The molecule has 262 valence electrons. The van der Waals surface area contributed by atoms with Crippen LogP contribution in [0.5, 0.6) is 0 Å². The van der Waals surface area contributed by atoms with Crippen molar-refractivity contribution in [2.24, 2.45) is 11.3 Å². The first-order valence-corrected chi connectivity index (χ1v) is 18.3. The number of esters is 1. The number of nitrogens with one attached hydrogen (secondary N) is 3. The Balaban J connectivity index is 1.79. The van der Waals surface area contributed by atoms with Gasteiger partial charge in [0.15, 0.2) is 4.75 Å². The summed E-state index contributed by atoms with van der Waals surface area (Å²) in [4.78, 5) is 59.4. The van der Waals surface area contributed by atoms with Crippen molar-refractivity contribution < 1.29 is 28.1 Å². The van der Waals surface area contributed by atoms with Crippen molar-refractivity contribution in [3.05, 3.63) is 47.7 Å². The zero-order valence-corrected chi connectivity index (χ0v) is 30.7. The number of benzene rings is 1. The number of hydrazine groups is 1. The van der Waals surface area contributed by atoms with Gasteiger partial charge in [0.1, 0.15) is 47.8 Å². The Kier molecular flexibility index (Phi) is 11.6. The predicted octanol–water partition coefficient (Wildman–Crippen LogP) is 4.38. The molecule has 11 nitrogen and oxygen atoms in total. The van der Waals surface area contributed by atoms with E-state index in [9.17, 15) is 19.2 Å². The third-order valence-electron chi connectivity index (χ3n) is 9.26. The van der Waals surface area contributed by atoms with Crippen molar-refractivity contribution in [1.29, 1.82) is 0 Å². The smallest absolute Gasteiger partial charge is 0.325 e. The molecule has 1 aromatic heterocycles. The molecular formula is C36H52N5O6S+. The highest BCUT2D eigenvalue weighted by molar-refractivity contribution is 7.93. The highest BCUT2D eigenvalue weighted by Crippen LogP contribution is 2.32. The van der Waals surface area contributed by atoms with E-state index in [4.69, 9.17) is 13.9 Å². The average Bonchev–Trinajstić information content (AvgIpc) is 3.03. The largest absolute Gasteiger partial charge is 0.455 e. The number of carbonyl (C=O) groups is 4. The summed E-state index contributed by atoms with van der Waals surface area (Å²) in [6.45, 7) is 17.4. The number of aromatic nitrogens is 1. The van der Waals surface area contributed by atoms with Crippen molar-refractivity contribution in [2.75, 3.05) is 12.8 Å². The maximum atomic E-state index is 14.3. The van der Waals surface area contributed by atoms with E-state index in [1.54, 1.807) is 13.8 Å². The summed E-state index contributed by atoms with van der Waals surface area (Å²) >= 11 is -0.488. The number of rotatable bonds is 4. The molecule has 0 aliphatic carbocycles. The van der Waals surface area contributed by atoms with E-state index in [0.29, 0.717) is 30.6 Å². The van der Waals surface area contributed by atoms with Crippen molar-refractivity contribution in [2.45, 2.75) is 110 Å². The lowest BCUT2D eigenvalue weighted by atomic mass is 9.82. The van der Waals surface area contributed by atoms with E-state index < -0.39 is 64.7 Å². The number of carbonyl (C=O) groups excluding carboxylic acids is 4. The maximum absolute atomic E-state index is 14.3. The van der Waals surface area contributed by atoms with Gasteiger partial charge in [0.25, 0.3) is 5.91 Å². The number of pyridine rings is 1. The summed E-state index contributed by atoms with van der Waals surface area (Å²) in [6.07, 6.45) is 5.59. The molecule has 2 aromatic rings. The summed E-state index contributed by atoms with van der Waals surface area (Å²) < 4.78 is 12.2. The molecule has 12 heteroatoms. The molecule has 2 aliphatic rings. The first kappa shape index (κ1) is 37.3. The number of ether oxygens (including phenoxy) is 1. The minimum absolute atomic E-state index is 0.143. The predicted molar refractivity (Wildman–Crippen MR) is 189 cm³/mol. The minimum atomic E-state index is -1.18. The summed E-state index contributed by atoms with van der Waals surface area (Å²) in [7, 11) is 0. The molecule has 0 spiro atoms. The molecule has 0 saturated carbocycles. The van der Waals surface area contributed by atoms with E-state index >= 15 is 0 Å². The van der Waals surface area contributed by atoms with Crippen LogP contribution in [-0.4, -0.2) is 75.5 Å². The number of cyclic esters (lactones) is 1. The van der Waals surface area contributed by atoms with Gasteiger partial charge in [-0.1, -0.05) is 44.2 Å². The van der Waals surface area contributed by atoms with Gasteiger partial charge in [-0.05, 0) is 84.9 Å². The Morgan fingerprint density at radius 3 is 2.42 bits per heavy atom. The maximum Gasteiger partial charge on any atom is 0.325 e. The van der Waals surface area contributed by atoms with Gasteiger partial charge in [0.05, 0.1) is 16.6 Å². The fourth-order valence-electron chi connectivity index (χ4n) is 5.47. The van der Waals surface area contributed by atoms with Crippen LogP contribution in [0.1, 0.15) is 92.5 Å². The van der Waals surface area contributed by atoms with Crippen LogP contribution in [-0.2, 0) is 39.3 Å². The fourth-order valence-corrected chi connectivity index (χ4v) is 6.39. The molecule has 3 amide bonds. The first-order chi connectivity index (χ1) is 22.4. The molecule has 3 N–H and O–H groups in total. The second kappa shape index (κ2) is 15.0. The number of nitrogens with zero attached hydrogens (tertiary/aromatic N) is 2. The van der Waals surface area contributed by atoms with E-state index in [1.165, 1.54) is 5.01 Å². The van der Waals surface area contributed by atoms with Crippen LogP contribution in [0, 0.1) is 11.3 Å². The molecule has 1 fully saturated rings. The summed E-state index contributed by atoms with van der Waals surface area (Å²) in [5, 5.41) is 8.06. The standard InChI is InChI=1S/C36H51N5O6S/c1-21(2)30-31(42)37-22(3)32(43)41-19-11-12-28(40-41)33(44)46-23(4)27-16-15-26-14-13-25(20-29(26)38-27)17-18-36(9,34(45)39-30)24(5)47-48(10)35(6,7)8/h13-18,20-24,28,30,40H,11-12,19H2,1-10H3,(H-,37,39,42,45)/p+1/b18-17+/t22-,23+,24?,28-,30-,36?,48?/m0/s1. The van der Waals surface area contributed by atoms with Gasteiger partial charge in [0.2, 0.25) is 11.8 Å². The molecule has 3 unspecified atom stereocenters. The second-order valence-electron chi connectivity index (χ2n) is 14.4. The molecule has 1 aromatic carbocycles. The highest BCUT2D eigenvalue weighted by Gasteiger charge is 2.45. The van der Waals surface area contributed by atoms with Crippen LogP contribution < -0.4 is 16.1 Å². The van der Waals surface area contributed by atoms with Gasteiger partial charge in [-0.2, -0.15) is 4.18 Å². The summed E-state index contributed by atoms with van der Waals surface area (Å²) in [6, 6.07) is 7.02. The lowest BCUT2D eigenvalue weighted by molar-refractivity contribution is -0.157. The molecule has 2 aliphatic heterocycles. The number of amides is 3. The second-order valence-corrected chi connectivity index (χ2v) is 16.8. The number of hydrogen-bond acceptors (Lipinski definition) is 8. The SMILES string of the molecule is CC(C)[C@@H]1NC(=O)C(C)(C(C)O[S+](C)C(C)(C)C)/C=C/c2ccc3ccc(nc3c2)[C@@H](C)OC(=O)[C@@H]2CCCN(N2)C(=O)[C@H](C)NC1=O. The normalized spacial score (nSPS) is 28.4.